The standard InChI is InChI=1S/C11H20/c1-9-6-7-10-4-2-3-5-11(10)8-9/h9-11H,2-8H2,1H3/t9-,10+,11?/m0/s1. The molecule has 0 radical (unpaired) electrons. The molecular formula is C11H20. The summed E-state index contributed by atoms with van der Waals surface area (Å²) in [4.78, 5) is 0. The van der Waals surface area contributed by atoms with Crippen molar-refractivity contribution in [3.63, 3.8) is 0 Å². The van der Waals surface area contributed by atoms with Gasteiger partial charge < -0.3 is 0 Å². The van der Waals surface area contributed by atoms with Gasteiger partial charge in [-0.1, -0.05) is 39.0 Å². The molecule has 0 spiro atoms. The van der Waals surface area contributed by atoms with E-state index in [1.807, 2.05) is 0 Å². The number of hydrogen-bond acceptors (Lipinski definition) is 0. The van der Waals surface area contributed by atoms with Crippen molar-refractivity contribution < 1.29 is 0 Å². The molecule has 0 bridgehead atoms. The van der Waals surface area contributed by atoms with E-state index in [0.717, 1.165) is 17.8 Å². The first-order chi connectivity index (χ1) is 5.36. The lowest BCUT2D eigenvalue weighted by Gasteiger charge is -2.38. The second-order valence-electron chi connectivity index (χ2n) is 4.72. The summed E-state index contributed by atoms with van der Waals surface area (Å²) in [6.07, 6.45) is 10.8. The van der Waals surface area contributed by atoms with E-state index < -0.39 is 0 Å². The largest absolute Gasteiger partial charge is 0.0625 e. The molecule has 0 aromatic carbocycles. The Labute approximate surface area is 70.4 Å². The van der Waals surface area contributed by atoms with Gasteiger partial charge in [0, 0.05) is 0 Å². The zero-order valence-electron chi connectivity index (χ0n) is 7.68. The maximum atomic E-state index is 2.44. The Hall–Kier alpha value is 0. The van der Waals surface area contributed by atoms with Crippen molar-refractivity contribution in [1.82, 2.24) is 0 Å². The van der Waals surface area contributed by atoms with Crippen LogP contribution in [0.5, 0.6) is 0 Å². The quantitative estimate of drug-likeness (QED) is 0.497. The monoisotopic (exact) mass is 152 g/mol. The molecule has 2 aliphatic rings. The van der Waals surface area contributed by atoms with Crippen LogP contribution in [0.2, 0.25) is 0 Å². The van der Waals surface area contributed by atoms with Crippen LogP contribution in [0, 0.1) is 17.8 Å². The van der Waals surface area contributed by atoms with Gasteiger partial charge >= 0.3 is 0 Å². The summed E-state index contributed by atoms with van der Waals surface area (Å²) >= 11 is 0. The van der Waals surface area contributed by atoms with E-state index in [1.165, 1.54) is 19.3 Å². The SMILES string of the molecule is C[C@H]1CC[C@H]2CCCCC2C1. The highest BCUT2D eigenvalue weighted by Crippen LogP contribution is 2.42. The van der Waals surface area contributed by atoms with Gasteiger partial charge in [-0.05, 0) is 30.6 Å². The van der Waals surface area contributed by atoms with E-state index in [0.29, 0.717) is 0 Å². The summed E-state index contributed by atoms with van der Waals surface area (Å²) < 4.78 is 0. The number of rotatable bonds is 0. The molecule has 1 unspecified atom stereocenters. The first kappa shape index (κ1) is 7.64. The van der Waals surface area contributed by atoms with Crippen LogP contribution in [0.25, 0.3) is 0 Å². The molecule has 0 nitrogen and oxygen atoms in total. The van der Waals surface area contributed by atoms with Crippen molar-refractivity contribution in [2.75, 3.05) is 0 Å². The lowest BCUT2D eigenvalue weighted by molar-refractivity contribution is 0.137. The lowest BCUT2D eigenvalue weighted by atomic mass is 9.68. The third-order valence-electron chi connectivity index (χ3n) is 3.80. The molecule has 11 heavy (non-hydrogen) atoms. The van der Waals surface area contributed by atoms with Gasteiger partial charge in [0.15, 0.2) is 0 Å². The van der Waals surface area contributed by atoms with E-state index in [1.54, 1.807) is 25.7 Å². The second kappa shape index (κ2) is 3.16. The van der Waals surface area contributed by atoms with Crippen LogP contribution in [-0.2, 0) is 0 Å². The second-order valence-corrected chi connectivity index (χ2v) is 4.72. The Morgan fingerprint density at radius 3 is 2.36 bits per heavy atom. The molecule has 0 heteroatoms. The summed E-state index contributed by atoms with van der Waals surface area (Å²) in [7, 11) is 0. The van der Waals surface area contributed by atoms with Crippen LogP contribution in [0.4, 0.5) is 0 Å². The minimum atomic E-state index is 1.04. The van der Waals surface area contributed by atoms with Crippen molar-refractivity contribution in [1.29, 1.82) is 0 Å². The van der Waals surface area contributed by atoms with Crippen LogP contribution < -0.4 is 0 Å². The Kier molecular flexibility index (Phi) is 2.20. The Morgan fingerprint density at radius 2 is 1.55 bits per heavy atom. The third-order valence-corrected chi connectivity index (χ3v) is 3.80. The van der Waals surface area contributed by atoms with Gasteiger partial charge in [0.25, 0.3) is 0 Å². The molecule has 0 aromatic heterocycles. The van der Waals surface area contributed by atoms with Crippen LogP contribution >= 0.6 is 0 Å². The molecule has 0 aliphatic heterocycles. The normalized spacial score (nSPS) is 45.0. The zero-order valence-corrected chi connectivity index (χ0v) is 7.68. The van der Waals surface area contributed by atoms with Gasteiger partial charge in [-0.3, -0.25) is 0 Å². The van der Waals surface area contributed by atoms with Gasteiger partial charge in [-0.25, -0.2) is 0 Å². The predicted octanol–water partition coefficient (Wildman–Crippen LogP) is 3.61. The fraction of sp³-hybridized carbons (Fsp3) is 1.00. The fourth-order valence-corrected chi connectivity index (χ4v) is 3.11. The fourth-order valence-electron chi connectivity index (χ4n) is 3.11. The molecule has 0 N–H and O–H groups in total. The smallest absolute Gasteiger partial charge is 0.0383 e. The predicted molar refractivity (Wildman–Crippen MR) is 48.5 cm³/mol. The van der Waals surface area contributed by atoms with E-state index >= 15 is 0 Å². The summed E-state index contributed by atoms with van der Waals surface area (Å²) in [5.41, 5.74) is 0. The van der Waals surface area contributed by atoms with E-state index in [4.69, 9.17) is 0 Å². The Balaban J connectivity index is 1.93. The first-order valence-electron chi connectivity index (χ1n) is 5.36. The minimum Gasteiger partial charge on any atom is -0.0625 e. The van der Waals surface area contributed by atoms with Gasteiger partial charge in [-0.2, -0.15) is 0 Å². The lowest BCUT2D eigenvalue weighted by Crippen LogP contribution is -2.26. The van der Waals surface area contributed by atoms with Crippen molar-refractivity contribution in [2.45, 2.75) is 51.9 Å². The van der Waals surface area contributed by atoms with Crippen molar-refractivity contribution in [3.8, 4) is 0 Å². The van der Waals surface area contributed by atoms with Gasteiger partial charge in [0.2, 0.25) is 0 Å². The highest BCUT2D eigenvalue weighted by atomic mass is 14.4. The molecule has 2 rings (SSSR count). The molecule has 0 amide bonds. The highest BCUT2D eigenvalue weighted by molar-refractivity contribution is 4.81. The Morgan fingerprint density at radius 1 is 0.818 bits per heavy atom. The maximum Gasteiger partial charge on any atom is -0.0383 e. The summed E-state index contributed by atoms with van der Waals surface area (Å²) in [6, 6.07) is 0. The van der Waals surface area contributed by atoms with E-state index in [-0.39, 0.29) is 0 Å². The van der Waals surface area contributed by atoms with Gasteiger partial charge in [-0.15, -0.1) is 0 Å². The van der Waals surface area contributed by atoms with E-state index in [2.05, 4.69) is 6.92 Å². The van der Waals surface area contributed by atoms with E-state index in [9.17, 15) is 0 Å². The first-order valence-corrected chi connectivity index (χ1v) is 5.36. The number of hydrogen-bond donors (Lipinski definition) is 0. The highest BCUT2D eigenvalue weighted by Gasteiger charge is 2.29. The molecule has 0 aromatic rings. The van der Waals surface area contributed by atoms with Crippen molar-refractivity contribution in [2.24, 2.45) is 17.8 Å². The summed E-state index contributed by atoms with van der Waals surface area (Å²) in [5, 5.41) is 0. The third kappa shape index (κ3) is 1.60. The average molecular weight is 152 g/mol. The molecule has 2 fully saturated rings. The van der Waals surface area contributed by atoms with Crippen LogP contribution in [-0.4, -0.2) is 0 Å². The number of fused-ring (bicyclic) bond motifs is 1. The van der Waals surface area contributed by atoms with Gasteiger partial charge in [0.05, 0.1) is 0 Å². The summed E-state index contributed by atoms with van der Waals surface area (Å²) in [6.45, 7) is 2.44. The topological polar surface area (TPSA) is 0 Å². The van der Waals surface area contributed by atoms with Crippen LogP contribution in [0.1, 0.15) is 51.9 Å². The van der Waals surface area contributed by atoms with Crippen LogP contribution in [0.15, 0.2) is 0 Å². The summed E-state index contributed by atoms with van der Waals surface area (Å²) in [5.74, 6) is 3.31. The van der Waals surface area contributed by atoms with Crippen molar-refractivity contribution >= 4 is 0 Å². The molecule has 0 heterocycles. The minimum absolute atomic E-state index is 1.04. The maximum absolute atomic E-state index is 2.44. The molecule has 2 aliphatic carbocycles. The molecule has 3 atom stereocenters. The molecular weight excluding hydrogens is 132 g/mol. The molecule has 0 saturated heterocycles. The average Bonchev–Trinajstić information content (AvgIpc) is 2.04. The van der Waals surface area contributed by atoms with Gasteiger partial charge in [0.1, 0.15) is 0 Å². The Bertz CT molecular complexity index is 128. The molecule has 2 saturated carbocycles. The molecule has 64 valence electrons. The zero-order chi connectivity index (χ0) is 7.68. The van der Waals surface area contributed by atoms with Crippen LogP contribution in [0.3, 0.4) is 0 Å². The van der Waals surface area contributed by atoms with Crippen molar-refractivity contribution in [3.05, 3.63) is 0 Å².